The minimum Gasteiger partial charge on any atom is -0.388 e. The largest absolute Gasteiger partial charge is 0.388 e. The van der Waals surface area contributed by atoms with Crippen molar-refractivity contribution in [1.82, 2.24) is 20.1 Å². The molecule has 1 aromatic carbocycles. The predicted molar refractivity (Wildman–Crippen MR) is 104 cm³/mol. The zero-order chi connectivity index (χ0) is 18.5. The number of para-hydroxylation sites is 1. The van der Waals surface area contributed by atoms with Crippen LogP contribution in [0.25, 0.3) is 16.9 Å². The molecule has 0 saturated carbocycles. The molecule has 1 saturated heterocycles. The first kappa shape index (κ1) is 17.9. The Hall–Kier alpha value is -2.54. The van der Waals surface area contributed by atoms with E-state index in [4.69, 9.17) is 9.84 Å². The number of hydrogen-bond acceptors (Lipinski definition) is 5. The van der Waals surface area contributed by atoms with Crippen LogP contribution in [-0.4, -0.2) is 45.2 Å². The first-order valence-electron chi connectivity index (χ1n) is 9.29. The lowest BCUT2D eigenvalue weighted by Gasteiger charge is -2.32. The van der Waals surface area contributed by atoms with Gasteiger partial charge in [0.15, 0.2) is 0 Å². The second-order valence-corrected chi connectivity index (χ2v) is 6.96. The topological polar surface area (TPSA) is 72.2 Å². The zero-order valence-corrected chi connectivity index (χ0v) is 15.2. The van der Waals surface area contributed by atoms with E-state index in [1.807, 2.05) is 53.3 Å². The van der Waals surface area contributed by atoms with Crippen molar-refractivity contribution in [1.29, 1.82) is 0 Å². The molecule has 4 rings (SSSR count). The van der Waals surface area contributed by atoms with Crippen LogP contribution in [0, 0.1) is 0 Å². The van der Waals surface area contributed by atoms with Crippen LogP contribution < -0.4 is 5.32 Å². The Labute approximate surface area is 158 Å². The minimum absolute atomic E-state index is 0.544. The van der Waals surface area contributed by atoms with Gasteiger partial charge in [0.05, 0.1) is 17.0 Å². The first-order chi connectivity index (χ1) is 13.2. The highest BCUT2D eigenvalue weighted by atomic mass is 16.5. The lowest BCUT2D eigenvalue weighted by molar-refractivity contribution is -0.0616. The zero-order valence-electron chi connectivity index (χ0n) is 15.2. The molecule has 0 bridgehead atoms. The van der Waals surface area contributed by atoms with Gasteiger partial charge < -0.3 is 15.2 Å². The summed E-state index contributed by atoms with van der Waals surface area (Å²) in [4.78, 5) is 4.10. The van der Waals surface area contributed by atoms with Gasteiger partial charge in [-0.25, -0.2) is 4.68 Å². The molecule has 140 valence electrons. The summed E-state index contributed by atoms with van der Waals surface area (Å²) in [6, 6.07) is 14.0. The molecule has 0 unspecified atom stereocenters. The third kappa shape index (κ3) is 4.24. The van der Waals surface area contributed by atoms with Crippen LogP contribution in [0.1, 0.15) is 18.4 Å². The van der Waals surface area contributed by atoms with Crippen molar-refractivity contribution in [2.24, 2.45) is 0 Å². The number of ether oxygens (including phenoxy) is 1. The molecule has 3 aromatic rings. The summed E-state index contributed by atoms with van der Waals surface area (Å²) < 4.78 is 7.25. The van der Waals surface area contributed by atoms with Gasteiger partial charge >= 0.3 is 0 Å². The van der Waals surface area contributed by atoms with Crippen LogP contribution in [0.15, 0.2) is 61.1 Å². The van der Waals surface area contributed by atoms with Crippen LogP contribution in [0.5, 0.6) is 0 Å². The van der Waals surface area contributed by atoms with Gasteiger partial charge in [0.25, 0.3) is 0 Å². The van der Waals surface area contributed by atoms with E-state index < -0.39 is 5.60 Å². The first-order valence-corrected chi connectivity index (χ1v) is 9.29. The van der Waals surface area contributed by atoms with E-state index in [-0.39, 0.29) is 0 Å². The Bertz CT molecular complexity index is 858. The van der Waals surface area contributed by atoms with Crippen molar-refractivity contribution in [3.8, 4) is 16.9 Å². The molecule has 3 heterocycles. The van der Waals surface area contributed by atoms with E-state index in [9.17, 15) is 5.11 Å². The van der Waals surface area contributed by atoms with Crippen LogP contribution in [0.3, 0.4) is 0 Å². The van der Waals surface area contributed by atoms with Gasteiger partial charge in [-0.05, 0) is 24.3 Å². The molecule has 0 aliphatic carbocycles. The van der Waals surface area contributed by atoms with Crippen molar-refractivity contribution < 1.29 is 9.84 Å². The van der Waals surface area contributed by atoms with E-state index in [1.165, 1.54) is 0 Å². The van der Waals surface area contributed by atoms with Crippen LogP contribution in [0.2, 0.25) is 0 Å². The Morgan fingerprint density at radius 2 is 1.81 bits per heavy atom. The van der Waals surface area contributed by atoms with Crippen LogP contribution in [-0.2, 0) is 11.3 Å². The van der Waals surface area contributed by atoms with Crippen molar-refractivity contribution >= 4 is 0 Å². The molecule has 6 nitrogen and oxygen atoms in total. The van der Waals surface area contributed by atoms with Crippen LogP contribution >= 0.6 is 0 Å². The summed E-state index contributed by atoms with van der Waals surface area (Å²) in [5.41, 5.74) is 3.36. The Kier molecular flexibility index (Phi) is 5.29. The average molecular weight is 364 g/mol. The number of pyridine rings is 1. The lowest BCUT2D eigenvalue weighted by Crippen LogP contribution is -2.44. The molecule has 1 aliphatic rings. The highest BCUT2D eigenvalue weighted by Gasteiger charge is 2.29. The monoisotopic (exact) mass is 364 g/mol. The molecule has 0 amide bonds. The third-order valence-corrected chi connectivity index (χ3v) is 4.96. The highest BCUT2D eigenvalue weighted by Crippen LogP contribution is 2.24. The van der Waals surface area contributed by atoms with Crippen molar-refractivity contribution in [3.63, 3.8) is 0 Å². The quantitative estimate of drug-likeness (QED) is 0.703. The summed E-state index contributed by atoms with van der Waals surface area (Å²) in [5.74, 6) is 0. The van der Waals surface area contributed by atoms with Gasteiger partial charge in [0.2, 0.25) is 0 Å². The normalized spacial score (nSPS) is 16.3. The van der Waals surface area contributed by atoms with Crippen molar-refractivity contribution in [2.45, 2.75) is 25.0 Å². The molecule has 0 spiro atoms. The standard InChI is InChI=1S/C21H24N4O2/c26-21(8-12-27-13-9-21)16-23-14-18-15-25(19-4-2-1-3-5-19)24-20(18)17-6-10-22-11-7-17/h1-7,10-11,15,23,26H,8-9,12-14,16H2. The van der Waals surface area contributed by atoms with E-state index in [0.717, 1.165) is 22.5 Å². The van der Waals surface area contributed by atoms with Crippen molar-refractivity contribution in [2.75, 3.05) is 19.8 Å². The summed E-state index contributed by atoms with van der Waals surface area (Å²) in [6.07, 6.45) is 6.94. The fraction of sp³-hybridized carbons (Fsp3) is 0.333. The van der Waals surface area contributed by atoms with E-state index in [2.05, 4.69) is 10.3 Å². The molecule has 2 N–H and O–H groups in total. The molecule has 1 fully saturated rings. The Morgan fingerprint density at radius 3 is 2.56 bits per heavy atom. The summed E-state index contributed by atoms with van der Waals surface area (Å²) in [5, 5.41) is 18.9. The maximum Gasteiger partial charge on any atom is 0.0973 e. The van der Waals surface area contributed by atoms with Gasteiger partial charge in [0.1, 0.15) is 0 Å². The van der Waals surface area contributed by atoms with Gasteiger partial charge in [0, 0.05) is 68.9 Å². The van der Waals surface area contributed by atoms with Crippen molar-refractivity contribution in [3.05, 3.63) is 66.6 Å². The average Bonchev–Trinajstić information content (AvgIpc) is 3.14. The van der Waals surface area contributed by atoms with Gasteiger partial charge in [-0.15, -0.1) is 0 Å². The van der Waals surface area contributed by atoms with Gasteiger partial charge in [-0.3, -0.25) is 4.98 Å². The third-order valence-electron chi connectivity index (χ3n) is 4.96. The minimum atomic E-state index is -0.690. The number of nitrogens with zero attached hydrogens (tertiary/aromatic N) is 3. The summed E-state index contributed by atoms with van der Waals surface area (Å²) in [7, 11) is 0. The molecular weight excluding hydrogens is 340 g/mol. The Balaban J connectivity index is 1.56. The van der Waals surface area contributed by atoms with Gasteiger partial charge in [-0.1, -0.05) is 18.2 Å². The fourth-order valence-electron chi connectivity index (χ4n) is 3.36. The Morgan fingerprint density at radius 1 is 1.07 bits per heavy atom. The number of aliphatic hydroxyl groups is 1. The van der Waals surface area contributed by atoms with Crippen LogP contribution in [0.4, 0.5) is 0 Å². The molecule has 2 aromatic heterocycles. The predicted octanol–water partition coefficient (Wildman–Crippen LogP) is 2.57. The lowest BCUT2D eigenvalue weighted by atomic mass is 9.94. The molecule has 0 radical (unpaired) electrons. The van der Waals surface area contributed by atoms with E-state index in [0.29, 0.717) is 39.1 Å². The molecule has 0 atom stereocenters. The number of hydrogen-bond donors (Lipinski definition) is 2. The number of aromatic nitrogens is 3. The number of rotatable bonds is 6. The van der Waals surface area contributed by atoms with E-state index >= 15 is 0 Å². The summed E-state index contributed by atoms with van der Waals surface area (Å²) >= 11 is 0. The van der Waals surface area contributed by atoms with E-state index in [1.54, 1.807) is 12.4 Å². The van der Waals surface area contributed by atoms with Gasteiger partial charge in [-0.2, -0.15) is 5.10 Å². The molecule has 1 aliphatic heterocycles. The smallest absolute Gasteiger partial charge is 0.0973 e. The maximum absolute atomic E-state index is 10.6. The SMILES string of the molecule is OC1(CNCc2cn(-c3ccccc3)nc2-c2ccncc2)CCOCC1. The highest BCUT2D eigenvalue weighted by molar-refractivity contribution is 5.62. The fourth-order valence-corrected chi connectivity index (χ4v) is 3.36. The molecule has 27 heavy (non-hydrogen) atoms. The summed E-state index contributed by atoms with van der Waals surface area (Å²) in [6.45, 7) is 2.41. The molecular formula is C21H24N4O2. The number of benzene rings is 1. The molecule has 6 heteroatoms. The maximum atomic E-state index is 10.6. The second kappa shape index (κ2) is 8.00. The second-order valence-electron chi connectivity index (χ2n) is 6.96. The number of nitrogens with one attached hydrogen (secondary N) is 1.